The second-order valence-corrected chi connectivity index (χ2v) is 5.95. The van der Waals surface area contributed by atoms with Crippen molar-refractivity contribution in [3.63, 3.8) is 0 Å². The molecular weight excluding hydrogens is 334 g/mol. The molecule has 0 radical (unpaired) electrons. The van der Waals surface area contributed by atoms with Gasteiger partial charge in [-0.3, -0.25) is 14.0 Å². The Morgan fingerprint density at radius 3 is 2.88 bits per heavy atom. The van der Waals surface area contributed by atoms with Crippen molar-refractivity contribution in [2.45, 2.75) is 20.3 Å². The Balaban J connectivity index is 2.06. The van der Waals surface area contributed by atoms with Crippen LogP contribution < -0.4 is 16.6 Å². The Morgan fingerprint density at radius 2 is 2.15 bits per heavy atom. The molecule has 0 aliphatic heterocycles. The van der Waals surface area contributed by atoms with E-state index < -0.39 is 5.91 Å². The summed E-state index contributed by atoms with van der Waals surface area (Å²) in [6.45, 7) is 5.64. The predicted molar refractivity (Wildman–Crippen MR) is 99.6 cm³/mol. The molecule has 136 valence electrons. The molecule has 0 saturated heterocycles. The first kappa shape index (κ1) is 17.8. The van der Waals surface area contributed by atoms with Crippen molar-refractivity contribution < 1.29 is 9.53 Å². The normalized spacial score (nSPS) is 11.2. The topological polar surface area (TPSA) is 112 Å². The lowest BCUT2D eigenvalue weighted by atomic mass is 10.2. The molecule has 26 heavy (non-hydrogen) atoms. The van der Waals surface area contributed by atoms with Crippen LogP contribution in [0, 0.1) is 6.92 Å². The number of carbonyl (C=O) groups is 1. The van der Waals surface area contributed by atoms with E-state index in [0.717, 1.165) is 12.0 Å². The van der Waals surface area contributed by atoms with Gasteiger partial charge in [0.2, 0.25) is 0 Å². The van der Waals surface area contributed by atoms with Crippen LogP contribution in [0.15, 0.2) is 29.2 Å². The smallest absolute Gasteiger partial charge is 0.267 e. The molecule has 0 spiro atoms. The van der Waals surface area contributed by atoms with Gasteiger partial charge in [0.1, 0.15) is 11.5 Å². The Hall–Kier alpha value is -3.00. The van der Waals surface area contributed by atoms with E-state index in [1.54, 1.807) is 12.3 Å². The monoisotopic (exact) mass is 355 g/mol. The number of amides is 1. The lowest BCUT2D eigenvalue weighted by Crippen LogP contribution is -2.20. The first-order valence-corrected chi connectivity index (χ1v) is 8.46. The molecule has 0 atom stereocenters. The number of primary amides is 1. The van der Waals surface area contributed by atoms with Crippen molar-refractivity contribution in [3.05, 3.63) is 45.9 Å². The highest BCUT2D eigenvalue weighted by atomic mass is 16.5. The van der Waals surface area contributed by atoms with Gasteiger partial charge in [-0.1, -0.05) is 6.07 Å². The van der Waals surface area contributed by atoms with E-state index >= 15 is 0 Å². The Bertz CT molecular complexity index is 1030. The number of carbonyl (C=O) groups excluding carboxylic acids is 1. The van der Waals surface area contributed by atoms with Crippen LogP contribution in [0.5, 0.6) is 0 Å². The number of nitrogens with zero attached hydrogens (tertiary/aromatic N) is 3. The van der Waals surface area contributed by atoms with E-state index in [-0.39, 0.29) is 22.2 Å². The van der Waals surface area contributed by atoms with Gasteiger partial charge in [-0.05, 0) is 38.0 Å². The summed E-state index contributed by atoms with van der Waals surface area (Å²) >= 11 is 0. The van der Waals surface area contributed by atoms with E-state index in [4.69, 9.17) is 10.5 Å². The van der Waals surface area contributed by atoms with Crippen LogP contribution in [0.2, 0.25) is 0 Å². The van der Waals surface area contributed by atoms with Gasteiger partial charge in [-0.15, -0.1) is 0 Å². The van der Waals surface area contributed by atoms with Crippen molar-refractivity contribution in [1.29, 1.82) is 0 Å². The number of hydrogen-bond acceptors (Lipinski definition) is 6. The van der Waals surface area contributed by atoms with Crippen molar-refractivity contribution in [2.75, 3.05) is 25.1 Å². The maximum absolute atomic E-state index is 12.8. The minimum absolute atomic E-state index is 0.167. The fourth-order valence-electron chi connectivity index (χ4n) is 2.69. The minimum atomic E-state index is -0.652. The number of rotatable bonds is 7. The fourth-order valence-corrected chi connectivity index (χ4v) is 2.69. The van der Waals surface area contributed by atoms with E-state index in [1.165, 1.54) is 10.5 Å². The standard InChI is InChI=1S/C18H21N5O3/c1-3-26-8-4-7-20-16-12(15(19)24)9-13-17(22-16)21-14-6-5-11(2)10-23(14)18(13)25/h5-6,9-10H,3-4,7-8H2,1-2H3,(H2,19,24)(H,20,22). The third kappa shape index (κ3) is 3.50. The zero-order valence-electron chi connectivity index (χ0n) is 14.8. The van der Waals surface area contributed by atoms with Crippen molar-refractivity contribution in [2.24, 2.45) is 5.73 Å². The fraction of sp³-hybridized carbons (Fsp3) is 0.333. The van der Waals surface area contributed by atoms with Gasteiger partial charge in [0, 0.05) is 26.0 Å². The van der Waals surface area contributed by atoms with E-state index in [9.17, 15) is 9.59 Å². The van der Waals surface area contributed by atoms with Gasteiger partial charge in [0.15, 0.2) is 5.65 Å². The molecule has 3 aromatic rings. The molecule has 8 nitrogen and oxygen atoms in total. The number of aromatic nitrogens is 3. The second kappa shape index (κ2) is 7.49. The molecule has 3 heterocycles. The predicted octanol–water partition coefficient (Wildman–Crippen LogP) is 1.49. The summed E-state index contributed by atoms with van der Waals surface area (Å²) in [6.07, 6.45) is 2.45. The first-order valence-electron chi connectivity index (χ1n) is 8.46. The van der Waals surface area contributed by atoms with Crippen LogP contribution in [0.4, 0.5) is 5.82 Å². The Kier molecular flexibility index (Phi) is 5.13. The molecule has 0 saturated carbocycles. The molecule has 0 unspecified atom stereocenters. The van der Waals surface area contributed by atoms with E-state index in [1.807, 2.05) is 19.9 Å². The maximum atomic E-state index is 12.8. The molecule has 0 fully saturated rings. The number of ether oxygens (including phenoxy) is 1. The number of nitrogens with two attached hydrogens (primary N) is 1. The largest absolute Gasteiger partial charge is 0.382 e. The minimum Gasteiger partial charge on any atom is -0.382 e. The van der Waals surface area contributed by atoms with Crippen LogP contribution in [0.1, 0.15) is 29.3 Å². The van der Waals surface area contributed by atoms with Crippen LogP contribution >= 0.6 is 0 Å². The van der Waals surface area contributed by atoms with Gasteiger partial charge in [-0.2, -0.15) is 0 Å². The number of nitrogens with one attached hydrogen (secondary N) is 1. The lowest BCUT2D eigenvalue weighted by Gasteiger charge is -2.11. The van der Waals surface area contributed by atoms with E-state index in [0.29, 0.717) is 31.2 Å². The first-order chi connectivity index (χ1) is 12.5. The van der Waals surface area contributed by atoms with E-state index in [2.05, 4.69) is 15.3 Å². The van der Waals surface area contributed by atoms with Crippen LogP contribution in [-0.4, -0.2) is 40.0 Å². The second-order valence-electron chi connectivity index (χ2n) is 5.95. The third-order valence-electron chi connectivity index (χ3n) is 3.97. The number of pyridine rings is 2. The summed E-state index contributed by atoms with van der Waals surface area (Å²) in [5.41, 5.74) is 7.05. The van der Waals surface area contributed by atoms with Gasteiger partial charge in [0.25, 0.3) is 11.5 Å². The highest BCUT2D eigenvalue weighted by Crippen LogP contribution is 2.18. The number of aryl methyl sites for hydroxylation is 1. The highest BCUT2D eigenvalue weighted by Gasteiger charge is 2.15. The Morgan fingerprint density at radius 1 is 1.35 bits per heavy atom. The molecule has 0 bridgehead atoms. The molecule has 3 aromatic heterocycles. The van der Waals surface area contributed by atoms with Crippen molar-refractivity contribution in [3.8, 4) is 0 Å². The number of hydrogen-bond donors (Lipinski definition) is 2. The highest BCUT2D eigenvalue weighted by molar-refractivity contribution is 6.00. The third-order valence-corrected chi connectivity index (χ3v) is 3.97. The van der Waals surface area contributed by atoms with Crippen molar-refractivity contribution >= 4 is 28.4 Å². The quantitative estimate of drug-likeness (QED) is 0.490. The van der Waals surface area contributed by atoms with Crippen molar-refractivity contribution in [1.82, 2.24) is 14.4 Å². The number of anilines is 1. The molecule has 8 heteroatoms. The SMILES string of the molecule is CCOCCCNc1nc2nc3ccc(C)cn3c(=O)c2cc1C(N)=O. The molecule has 0 aromatic carbocycles. The molecule has 0 aliphatic carbocycles. The van der Waals surface area contributed by atoms with Crippen LogP contribution in [-0.2, 0) is 4.74 Å². The maximum Gasteiger partial charge on any atom is 0.267 e. The summed E-state index contributed by atoms with van der Waals surface area (Å²) in [6, 6.07) is 5.09. The summed E-state index contributed by atoms with van der Waals surface area (Å²) < 4.78 is 6.73. The summed E-state index contributed by atoms with van der Waals surface area (Å²) in [7, 11) is 0. The average Bonchev–Trinajstić information content (AvgIpc) is 2.62. The van der Waals surface area contributed by atoms with Gasteiger partial charge < -0.3 is 15.8 Å². The number of fused-ring (bicyclic) bond motifs is 2. The molecule has 1 amide bonds. The lowest BCUT2D eigenvalue weighted by molar-refractivity contribution is 0.100. The van der Waals surface area contributed by atoms with Crippen LogP contribution in [0.3, 0.4) is 0 Å². The zero-order chi connectivity index (χ0) is 18.7. The van der Waals surface area contributed by atoms with Gasteiger partial charge >= 0.3 is 0 Å². The molecule has 3 N–H and O–H groups in total. The molecular formula is C18H21N5O3. The van der Waals surface area contributed by atoms with Crippen LogP contribution in [0.25, 0.3) is 16.7 Å². The summed E-state index contributed by atoms with van der Waals surface area (Å²) in [4.78, 5) is 33.4. The zero-order valence-corrected chi connectivity index (χ0v) is 14.8. The summed E-state index contributed by atoms with van der Waals surface area (Å²) in [5, 5.41) is 3.33. The molecule has 0 aliphatic rings. The van der Waals surface area contributed by atoms with Gasteiger partial charge in [0.05, 0.1) is 10.9 Å². The van der Waals surface area contributed by atoms with Gasteiger partial charge in [-0.25, -0.2) is 9.97 Å². The average molecular weight is 355 g/mol. The molecule has 3 rings (SSSR count). The Labute approximate surface area is 150 Å². The summed E-state index contributed by atoms with van der Waals surface area (Å²) in [5.74, 6) is -0.328.